The van der Waals surface area contributed by atoms with Crippen LogP contribution in [0.2, 0.25) is 0 Å². The zero-order chi connectivity index (χ0) is 9.80. The lowest BCUT2D eigenvalue weighted by molar-refractivity contribution is 0.0776. The fraction of sp³-hybridized carbons (Fsp3) is 0.636. The second-order valence-corrected chi connectivity index (χ2v) is 3.95. The Labute approximate surface area is 85.1 Å². The molecule has 1 fully saturated rings. The minimum absolute atomic E-state index is 0.643. The highest BCUT2D eigenvalue weighted by atomic mass is 16.5. The number of nitrogens with zero attached hydrogens (tertiary/aromatic N) is 1. The number of hydrogen-bond acceptors (Lipinski definition) is 2. The van der Waals surface area contributed by atoms with E-state index in [4.69, 9.17) is 4.74 Å². The van der Waals surface area contributed by atoms with Crippen LogP contribution < -0.4 is 5.32 Å². The SMILES string of the molecule is Cn1ccc(CNC2CCOCC2)c1. The summed E-state index contributed by atoms with van der Waals surface area (Å²) in [5.41, 5.74) is 1.36. The third-order valence-corrected chi connectivity index (χ3v) is 2.71. The molecule has 3 nitrogen and oxygen atoms in total. The summed E-state index contributed by atoms with van der Waals surface area (Å²) in [5, 5.41) is 3.56. The van der Waals surface area contributed by atoms with Gasteiger partial charge >= 0.3 is 0 Å². The number of aryl methyl sites for hydroxylation is 1. The number of rotatable bonds is 3. The summed E-state index contributed by atoms with van der Waals surface area (Å²) in [6, 6.07) is 2.80. The maximum absolute atomic E-state index is 5.31. The predicted octanol–water partition coefficient (Wildman–Crippen LogP) is 1.29. The molecule has 0 aliphatic carbocycles. The molecule has 0 atom stereocenters. The average molecular weight is 194 g/mol. The van der Waals surface area contributed by atoms with Gasteiger partial charge in [0.1, 0.15) is 0 Å². The van der Waals surface area contributed by atoms with Gasteiger partial charge in [-0.1, -0.05) is 0 Å². The molecule has 1 saturated heterocycles. The Morgan fingerprint density at radius 1 is 1.50 bits per heavy atom. The molecule has 78 valence electrons. The van der Waals surface area contributed by atoms with Gasteiger partial charge < -0.3 is 14.6 Å². The van der Waals surface area contributed by atoms with Gasteiger partial charge in [0.05, 0.1) is 0 Å². The van der Waals surface area contributed by atoms with E-state index in [2.05, 4.69) is 35.4 Å². The topological polar surface area (TPSA) is 26.2 Å². The quantitative estimate of drug-likeness (QED) is 0.785. The maximum Gasteiger partial charge on any atom is 0.0480 e. The van der Waals surface area contributed by atoms with Crippen molar-refractivity contribution in [3.63, 3.8) is 0 Å². The molecule has 0 radical (unpaired) electrons. The fourth-order valence-corrected chi connectivity index (χ4v) is 1.83. The summed E-state index contributed by atoms with van der Waals surface area (Å²) >= 11 is 0. The Morgan fingerprint density at radius 3 is 2.93 bits per heavy atom. The van der Waals surface area contributed by atoms with Crippen molar-refractivity contribution in [1.82, 2.24) is 9.88 Å². The summed E-state index contributed by atoms with van der Waals surface area (Å²) in [7, 11) is 2.05. The van der Waals surface area contributed by atoms with Crippen molar-refractivity contribution in [3.05, 3.63) is 24.0 Å². The largest absolute Gasteiger partial charge is 0.381 e. The van der Waals surface area contributed by atoms with E-state index in [9.17, 15) is 0 Å². The number of nitrogens with one attached hydrogen (secondary N) is 1. The summed E-state index contributed by atoms with van der Waals surface area (Å²) in [6.45, 7) is 2.80. The third-order valence-electron chi connectivity index (χ3n) is 2.71. The highest BCUT2D eigenvalue weighted by molar-refractivity contribution is 5.09. The zero-order valence-electron chi connectivity index (χ0n) is 8.70. The molecule has 1 aromatic rings. The number of ether oxygens (including phenoxy) is 1. The molecule has 0 spiro atoms. The molecular weight excluding hydrogens is 176 g/mol. The standard InChI is InChI=1S/C11H18N2O/c1-13-5-2-10(9-13)8-12-11-3-6-14-7-4-11/h2,5,9,11-12H,3-4,6-8H2,1H3. The molecule has 1 aromatic heterocycles. The van der Waals surface area contributed by atoms with Crippen LogP contribution in [-0.2, 0) is 18.3 Å². The van der Waals surface area contributed by atoms with Crippen LogP contribution in [-0.4, -0.2) is 23.8 Å². The second-order valence-electron chi connectivity index (χ2n) is 3.95. The van der Waals surface area contributed by atoms with E-state index in [1.54, 1.807) is 0 Å². The summed E-state index contributed by atoms with van der Waals surface area (Å²) in [4.78, 5) is 0. The van der Waals surface area contributed by atoms with Crippen LogP contribution in [0.4, 0.5) is 0 Å². The molecular formula is C11H18N2O. The van der Waals surface area contributed by atoms with Gasteiger partial charge in [-0.15, -0.1) is 0 Å². The van der Waals surface area contributed by atoms with Crippen LogP contribution in [0.15, 0.2) is 18.5 Å². The van der Waals surface area contributed by atoms with Gasteiger partial charge in [-0.3, -0.25) is 0 Å². The molecule has 0 aromatic carbocycles. The maximum atomic E-state index is 5.31. The van der Waals surface area contributed by atoms with Crippen molar-refractivity contribution >= 4 is 0 Å². The Hall–Kier alpha value is -0.800. The van der Waals surface area contributed by atoms with Gasteiger partial charge in [-0.05, 0) is 24.5 Å². The van der Waals surface area contributed by atoms with Crippen LogP contribution >= 0.6 is 0 Å². The van der Waals surface area contributed by atoms with E-state index < -0.39 is 0 Å². The minimum Gasteiger partial charge on any atom is -0.381 e. The second kappa shape index (κ2) is 4.62. The van der Waals surface area contributed by atoms with Crippen LogP contribution in [0.25, 0.3) is 0 Å². The number of aromatic nitrogens is 1. The van der Waals surface area contributed by atoms with Gasteiger partial charge in [0.25, 0.3) is 0 Å². The smallest absolute Gasteiger partial charge is 0.0480 e. The first-order valence-electron chi connectivity index (χ1n) is 5.26. The van der Waals surface area contributed by atoms with Gasteiger partial charge in [0.2, 0.25) is 0 Å². The summed E-state index contributed by atoms with van der Waals surface area (Å²) in [5.74, 6) is 0. The molecule has 1 N–H and O–H groups in total. The molecule has 3 heteroatoms. The molecule has 0 amide bonds. The van der Waals surface area contributed by atoms with E-state index in [-0.39, 0.29) is 0 Å². The van der Waals surface area contributed by atoms with Crippen molar-refractivity contribution in [2.24, 2.45) is 7.05 Å². The highest BCUT2D eigenvalue weighted by Gasteiger charge is 2.12. The normalized spacial score (nSPS) is 18.6. The third kappa shape index (κ3) is 2.59. The van der Waals surface area contributed by atoms with Crippen LogP contribution in [0, 0.1) is 0 Å². The van der Waals surface area contributed by atoms with E-state index in [0.29, 0.717) is 6.04 Å². The monoisotopic (exact) mass is 194 g/mol. The first kappa shape index (κ1) is 9.74. The van der Waals surface area contributed by atoms with Crippen molar-refractivity contribution in [1.29, 1.82) is 0 Å². The van der Waals surface area contributed by atoms with E-state index in [1.807, 2.05) is 0 Å². The van der Waals surface area contributed by atoms with Gasteiger partial charge in [0, 0.05) is 45.2 Å². The van der Waals surface area contributed by atoms with Crippen LogP contribution in [0.3, 0.4) is 0 Å². The average Bonchev–Trinajstić information content (AvgIpc) is 2.63. The Bertz CT molecular complexity index is 277. The summed E-state index contributed by atoms with van der Waals surface area (Å²) in [6.07, 6.45) is 6.53. The molecule has 2 heterocycles. The van der Waals surface area contributed by atoms with Gasteiger partial charge in [-0.25, -0.2) is 0 Å². The van der Waals surface area contributed by atoms with E-state index in [0.717, 1.165) is 32.6 Å². The van der Waals surface area contributed by atoms with Crippen LogP contribution in [0.5, 0.6) is 0 Å². The molecule has 14 heavy (non-hydrogen) atoms. The molecule has 0 saturated carbocycles. The molecule has 1 aliphatic heterocycles. The zero-order valence-corrected chi connectivity index (χ0v) is 8.70. The Morgan fingerprint density at radius 2 is 2.29 bits per heavy atom. The molecule has 0 bridgehead atoms. The highest BCUT2D eigenvalue weighted by Crippen LogP contribution is 2.07. The minimum atomic E-state index is 0.643. The summed E-state index contributed by atoms with van der Waals surface area (Å²) < 4.78 is 7.40. The lowest BCUT2D eigenvalue weighted by Crippen LogP contribution is -2.34. The lowest BCUT2D eigenvalue weighted by Gasteiger charge is -2.22. The molecule has 1 aliphatic rings. The Balaban J connectivity index is 1.76. The van der Waals surface area contributed by atoms with E-state index in [1.165, 1.54) is 5.56 Å². The van der Waals surface area contributed by atoms with Crippen molar-refractivity contribution in [3.8, 4) is 0 Å². The van der Waals surface area contributed by atoms with Gasteiger partial charge in [-0.2, -0.15) is 0 Å². The predicted molar refractivity (Wildman–Crippen MR) is 56.1 cm³/mol. The number of hydrogen-bond donors (Lipinski definition) is 1. The first-order valence-corrected chi connectivity index (χ1v) is 5.26. The van der Waals surface area contributed by atoms with Crippen molar-refractivity contribution < 1.29 is 4.74 Å². The molecule has 0 unspecified atom stereocenters. The van der Waals surface area contributed by atoms with E-state index >= 15 is 0 Å². The van der Waals surface area contributed by atoms with Crippen molar-refractivity contribution in [2.45, 2.75) is 25.4 Å². The lowest BCUT2D eigenvalue weighted by atomic mass is 10.1. The van der Waals surface area contributed by atoms with Crippen LogP contribution in [0.1, 0.15) is 18.4 Å². The van der Waals surface area contributed by atoms with Crippen molar-refractivity contribution in [2.75, 3.05) is 13.2 Å². The first-order chi connectivity index (χ1) is 6.84. The Kier molecular flexibility index (Phi) is 3.22. The fourth-order valence-electron chi connectivity index (χ4n) is 1.83. The van der Waals surface area contributed by atoms with Gasteiger partial charge in [0.15, 0.2) is 0 Å². The molecule has 2 rings (SSSR count).